The van der Waals surface area contributed by atoms with Gasteiger partial charge in [0, 0.05) is 24.7 Å². The number of Topliss-reactive ketones (excluding diaryl/α,β-unsaturated/α-hetero) is 1. The molecule has 0 saturated heterocycles. The zero-order valence-electron chi connectivity index (χ0n) is 20.1. The van der Waals surface area contributed by atoms with Crippen molar-refractivity contribution in [3.05, 3.63) is 39.2 Å². The van der Waals surface area contributed by atoms with Crippen LogP contribution in [0.2, 0.25) is 0 Å². The molecule has 13 nitrogen and oxygen atoms in total. The quantitative estimate of drug-likeness (QED) is 0.268. The molecule has 4 N–H and O–H groups in total. The first kappa shape index (κ1) is 26.1. The highest BCUT2D eigenvalue weighted by Crippen LogP contribution is 2.56. The summed E-state index contributed by atoms with van der Waals surface area (Å²) in [6.07, 6.45) is 3.84. The zero-order chi connectivity index (χ0) is 26.6. The van der Waals surface area contributed by atoms with E-state index in [1.165, 1.54) is 28.4 Å². The van der Waals surface area contributed by atoms with E-state index in [4.69, 9.17) is 0 Å². The van der Waals surface area contributed by atoms with Gasteiger partial charge in [0.15, 0.2) is 0 Å². The summed E-state index contributed by atoms with van der Waals surface area (Å²) < 4.78 is 1.18. The average molecular weight is 530 g/mol. The molecule has 2 aromatic rings. The first-order chi connectivity index (χ1) is 17.7. The number of aromatic nitrogens is 3. The molecule has 3 aliphatic carbocycles. The van der Waals surface area contributed by atoms with Crippen molar-refractivity contribution >= 4 is 46.4 Å². The molecule has 3 saturated carbocycles. The smallest absolute Gasteiger partial charge is 0.287 e. The predicted molar refractivity (Wildman–Crippen MR) is 132 cm³/mol. The maximum absolute atomic E-state index is 13.1. The Morgan fingerprint density at radius 2 is 1.97 bits per heavy atom. The van der Waals surface area contributed by atoms with Crippen LogP contribution in [0.25, 0.3) is 0 Å². The molecule has 5 rings (SSSR count). The van der Waals surface area contributed by atoms with Gasteiger partial charge in [-0.2, -0.15) is 0 Å². The Bertz CT molecular complexity index is 1260. The van der Waals surface area contributed by atoms with Crippen molar-refractivity contribution < 1.29 is 24.0 Å². The van der Waals surface area contributed by atoms with Gasteiger partial charge in [-0.15, -0.1) is 10.2 Å². The van der Waals surface area contributed by atoms with Crippen LogP contribution in [0.15, 0.2) is 28.6 Å². The summed E-state index contributed by atoms with van der Waals surface area (Å²) in [4.78, 5) is 74.8. The fourth-order valence-corrected chi connectivity index (χ4v) is 4.96. The molecule has 2 aromatic heterocycles. The molecular formula is C23H27N7O6S. The van der Waals surface area contributed by atoms with Crippen LogP contribution in [0.5, 0.6) is 0 Å². The number of hydrogen-bond donors (Lipinski definition) is 4. The lowest BCUT2D eigenvalue weighted by atomic mass is 9.50. The van der Waals surface area contributed by atoms with Gasteiger partial charge in [0.05, 0.1) is 0 Å². The van der Waals surface area contributed by atoms with E-state index in [0.29, 0.717) is 5.92 Å². The Morgan fingerprint density at radius 3 is 2.59 bits per heavy atom. The van der Waals surface area contributed by atoms with Crippen LogP contribution in [-0.2, 0) is 25.7 Å². The predicted octanol–water partition coefficient (Wildman–Crippen LogP) is -0.409. The van der Waals surface area contributed by atoms with Gasteiger partial charge in [0.2, 0.25) is 22.6 Å². The number of nitrogens with one attached hydrogen (secondary N) is 4. The number of ketones is 1. The van der Waals surface area contributed by atoms with Crippen LogP contribution < -0.4 is 26.8 Å². The highest BCUT2D eigenvalue weighted by atomic mass is 32.1. The van der Waals surface area contributed by atoms with Gasteiger partial charge >= 0.3 is 0 Å². The Balaban J connectivity index is 1.42. The molecule has 3 fully saturated rings. The molecule has 0 spiro atoms. The number of anilines is 1. The van der Waals surface area contributed by atoms with E-state index in [2.05, 4.69) is 31.5 Å². The number of likely N-dealkylation sites (N-methyl/N-ethyl adjacent to an activating group) is 1. The summed E-state index contributed by atoms with van der Waals surface area (Å²) in [5, 5.41) is 17.6. The molecule has 0 aliphatic heterocycles. The standard InChI is InChI=1S/C23H27N7O6S/c1-2-24-19(34)16(31)6-5-14(26-20(35)21-29-25-12-37-21)18(33)27-15-4-3-7-30(22(15)36)11-17(32)28-23-8-13(9-23)10-23/h3-4,7,12-14H,2,5-6,8-11H2,1H3,(H,24,34)(H,26,35)(H,27,33)(H,28,32)/t13?,14-,23?/m0/s1. The highest BCUT2D eigenvalue weighted by Gasteiger charge is 2.57. The maximum atomic E-state index is 13.1. The zero-order valence-corrected chi connectivity index (χ0v) is 20.9. The van der Waals surface area contributed by atoms with Crippen molar-refractivity contribution in [1.82, 2.24) is 30.7 Å². The lowest BCUT2D eigenvalue weighted by molar-refractivity contribution is -0.138. The second kappa shape index (κ2) is 11.0. The third-order valence-electron chi connectivity index (χ3n) is 6.46. The third-order valence-corrected chi connectivity index (χ3v) is 7.15. The molecule has 2 bridgehead atoms. The van der Waals surface area contributed by atoms with E-state index in [9.17, 15) is 28.8 Å². The van der Waals surface area contributed by atoms with E-state index >= 15 is 0 Å². The molecule has 3 aliphatic rings. The maximum Gasteiger partial charge on any atom is 0.287 e. The van der Waals surface area contributed by atoms with Crippen molar-refractivity contribution in [3.63, 3.8) is 0 Å². The summed E-state index contributed by atoms with van der Waals surface area (Å²) in [5.41, 5.74) is 0.521. The minimum Gasteiger partial charge on any atom is -0.350 e. The number of rotatable bonds is 12. The number of hydrogen-bond acceptors (Lipinski definition) is 9. The molecule has 1 atom stereocenters. The largest absolute Gasteiger partial charge is 0.350 e. The van der Waals surface area contributed by atoms with Gasteiger partial charge in [0.25, 0.3) is 17.4 Å². The molecule has 37 heavy (non-hydrogen) atoms. The topological polar surface area (TPSA) is 181 Å². The van der Waals surface area contributed by atoms with Crippen molar-refractivity contribution in [3.8, 4) is 0 Å². The minimum atomic E-state index is -1.25. The van der Waals surface area contributed by atoms with Crippen LogP contribution in [0.3, 0.4) is 0 Å². The second-order valence-corrected chi connectivity index (χ2v) is 10.1. The van der Waals surface area contributed by atoms with Crippen LogP contribution in [0.4, 0.5) is 5.69 Å². The molecule has 0 radical (unpaired) electrons. The average Bonchev–Trinajstić information content (AvgIpc) is 3.36. The first-order valence-corrected chi connectivity index (χ1v) is 12.8. The number of amides is 4. The Kier molecular flexibility index (Phi) is 7.76. The van der Waals surface area contributed by atoms with E-state index in [-0.39, 0.29) is 48.1 Å². The van der Waals surface area contributed by atoms with Crippen LogP contribution >= 0.6 is 11.3 Å². The molecule has 2 heterocycles. The number of pyridine rings is 1. The molecular weight excluding hydrogens is 502 g/mol. The van der Waals surface area contributed by atoms with Crippen molar-refractivity contribution in [1.29, 1.82) is 0 Å². The molecule has 0 unspecified atom stereocenters. The normalized spacial score (nSPS) is 20.0. The van der Waals surface area contributed by atoms with Gasteiger partial charge in [-0.1, -0.05) is 11.3 Å². The monoisotopic (exact) mass is 529 g/mol. The second-order valence-electron chi connectivity index (χ2n) is 9.24. The third kappa shape index (κ3) is 6.07. The lowest BCUT2D eigenvalue weighted by Crippen LogP contribution is -2.68. The first-order valence-electron chi connectivity index (χ1n) is 11.9. The molecule has 14 heteroatoms. The minimum absolute atomic E-state index is 0.00430. The van der Waals surface area contributed by atoms with Crippen LogP contribution in [-0.4, -0.2) is 62.3 Å². The van der Waals surface area contributed by atoms with Gasteiger partial charge in [-0.05, 0) is 50.7 Å². The number of nitrogens with zero attached hydrogens (tertiary/aromatic N) is 3. The van der Waals surface area contributed by atoms with Crippen LogP contribution in [0.1, 0.15) is 48.8 Å². The number of carbonyl (C=O) groups is 5. The van der Waals surface area contributed by atoms with Gasteiger partial charge in [-0.3, -0.25) is 28.8 Å². The summed E-state index contributed by atoms with van der Waals surface area (Å²) in [6, 6.07) is 1.63. The van der Waals surface area contributed by atoms with E-state index in [1.54, 1.807) is 6.92 Å². The summed E-state index contributed by atoms with van der Waals surface area (Å²) >= 11 is 0.959. The molecule has 196 valence electrons. The molecule has 0 aromatic carbocycles. The molecule has 4 amide bonds. The Morgan fingerprint density at radius 1 is 1.22 bits per heavy atom. The van der Waals surface area contributed by atoms with Crippen molar-refractivity contribution in [2.75, 3.05) is 11.9 Å². The van der Waals surface area contributed by atoms with Gasteiger partial charge in [0.1, 0.15) is 23.8 Å². The summed E-state index contributed by atoms with van der Waals surface area (Å²) in [7, 11) is 0. The van der Waals surface area contributed by atoms with Gasteiger partial charge in [-0.25, -0.2) is 0 Å². The summed E-state index contributed by atoms with van der Waals surface area (Å²) in [6.45, 7) is 1.73. The number of carbonyl (C=O) groups excluding carboxylic acids is 5. The summed E-state index contributed by atoms with van der Waals surface area (Å²) in [5.74, 6) is -2.59. The van der Waals surface area contributed by atoms with Crippen LogP contribution in [0, 0.1) is 5.92 Å². The Labute approximate surface area is 215 Å². The Hall–Kier alpha value is -3.94. The fourth-order valence-electron chi connectivity index (χ4n) is 4.51. The SMILES string of the molecule is CCNC(=O)C(=O)CC[C@H](NC(=O)c1nncs1)C(=O)Nc1cccn(CC(=O)NC23CC(C2)C3)c1=O. The lowest BCUT2D eigenvalue weighted by Gasteiger charge is -2.61. The highest BCUT2D eigenvalue weighted by molar-refractivity contribution is 7.11. The fraction of sp³-hybridized carbons (Fsp3) is 0.478. The van der Waals surface area contributed by atoms with Crippen molar-refractivity contribution in [2.45, 2.75) is 57.2 Å². The van der Waals surface area contributed by atoms with Gasteiger partial charge < -0.3 is 25.8 Å². The van der Waals surface area contributed by atoms with E-state index in [1.807, 2.05) is 0 Å². The van der Waals surface area contributed by atoms with E-state index < -0.39 is 35.1 Å². The van der Waals surface area contributed by atoms with Crippen molar-refractivity contribution in [2.24, 2.45) is 5.92 Å². The van der Waals surface area contributed by atoms with E-state index in [0.717, 1.165) is 30.6 Å².